The summed E-state index contributed by atoms with van der Waals surface area (Å²) in [4.78, 5) is 11.7. The molecule has 2 N–H and O–H groups in total. The van der Waals surface area contributed by atoms with Crippen molar-refractivity contribution in [3.05, 3.63) is 59.2 Å². The fourth-order valence-electron chi connectivity index (χ4n) is 7.46. The number of ether oxygens (including phenoxy) is 1. The van der Waals surface area contributed by atoms with Crippen molar-refractivity contribution >= 4 is 5.91 Å². The molecule has 2 aromatic rings. The predicted octanol–water partition coefficient (Wildman–Crippen LogP) is 6.86. The molecule has 6 unspecified atom stereocenters. The SMILES string of the molecule is CC(=O)NC1CCC2C(C1)c1c(O)cc(OC(C)CCCc3ccccc3)cc1C1CCCCC12. The van der Waals surface area contributed by atoms with Crippen LogP contribution in [0.15, 0.2) is 42.5 Å². The Morgan fingerprint density at radius 3 is 2.63 bits per heavy atom. The number of carbonyl (C=O) groups is 1. The van der Waals surface area contributed by atoms with Crippen LogP contribution < -0.4 is 10.1 Å². The summed E-state index contributed by atoms with van der Waals surface area (Å²) >= 11 is 0. The van der Waals surface area contributed by atoms with E-state index in [1.54, 1.807) is 6.92 Å². The number of aryl methyl sites for hydroxylation is 1. The van der Waals surface area contributed by atoms with Crippen molar-refractivity contribution in [3.8, 4) is 11.5 Å². The molecule has 1 amide bonds. The summed E-state index contributed by atoms with van der Waals surface area (Å²) in [5.41, 5.74) is 3.84. The van der Waals surface area contributed by atoms with Crippen LogP contribution in [0.25, 0.3) is 0 Å². The zero-order valence-electron chi connectivity index (χ0n) is 21.3. The van der Waals surface area contributed by atoms with E-state index in [0.717, 1.165) is 49.8 Å². The highest BCUT2D eigenvalue weighted by atomic mass is 16.5. The van der Waals surface area contributed by atoms with Crippen LogP contribution >= 0.6 is 0 Å². The fourth-order valence-corrected chi connectivity index (χ4v) is 7.46. The maximum absolute atomic E-state index is 11.7. The van der Waals surface area contributed by atoms with Gasteiger partial charge < -0.3 is 15.2 Å². The van der Waals surface area contributed by atoms with Crippen LogP contribution in [0.1, 0.15) is 100 Å². The molecule has 2 fully saturated rings. The van der Waals surface area contributed by atoms with Gasteiger partial charge in [-0.3, -0.25) is 4.79 Å². The molecule has 4 nitrogen and oxygen atoms in total. The zero-order valence-corrected chi connectivity index (χ0v) is 21.3. The van der Waals surface area contributed by atoms with Gasteiger partial charge in [0.25, 0.3) is 0 Å². The molecular formula is C31H41NO3. The topological polar surface area (TPSA) is 58.6 Å². The Labute approximate surface area is 210 Å². The summed E-state index contributed by atoms with van der Waals surface area (Å²) in [6, 6.07) is 14.9. The summed E-state index contributed by atoms with van der Waals surface area (Å²) in [5.74, 6) is 3.42. The maximum atomic E-state index is 11.7. The molecule has 0 bridgehead atoms. The van der Waals surface area contributed by atoms with E-state index in [1.165, 1.54) is 36.8 Å². The van der Waals surface area contributed by atoms with Crippen LogP contribution in [0.5, 0.6) is 11.5 Å². The predicted molar refractivity (Wildman–Crippen MR) is 140 cm³/mol. The number of aromatic hydroxyl groups is 1. The quantitative estimate of drug-likeness (QED) is 0.460. The molecule has 0 heterocycles. The molecule has 0 radical (unpaired) electrons. The molecule has 0 aromatic heterocycles. The van der Waals surface area contributed by atoms with Gasteiger partial charge in [-0.25, -0.2) is 0 Å². The number of fused-ring (bicyclic) bond motifs is 6. The Kier molecular flexibility index (Phi) is 7.36. The molecule has 0 saturated heterocycles. The van der Waals surface area contributed by atoms with Crippen LogP contribution in [-0.2, 0) is 11.2 Å². The normalized spacial score (nSPS) is 28.2. The fraction of sp³-hybridized carbons (Fsp3) is 0.581. The number of amides is 1. The van der Waals surface area contributed by atoms with E-state index in [9.17, 15) is 9.90 Å². The number of phenolic OH excluding ortho intramolecular Hbond substituents is 1. The van der Waals surface area contributed by atoms with Gasteiger partial charge in [-0.1, -0.05) is 43.2 Å². The van der Waals surface area contributed by atoms with Gasteiger partial charge in [0.15, 0.2) is 0 Å². The van der Waals surface area contributed by atoms with Crippen LogP contribution in [0, 0.1) is 11.8 Å². The van der Waals surface area contributed by atoms with Gasteiger partial charge in [0.2, 0.25) is 5.91 Å². The first kappa shape index (κ1) is 24.2. The average Bonchev–Trinajstić information content (AvgIpc) is 2.84. The first-order chi connectivity index (χ1) is 17.0. The number of carbonyl (C=O) groups excluding carboxylic acids is 1. The molecule has 3 aliphatic carbocycles. The van der Waals surface area contributed by atoms with Crippen molar-refractivity contribution < 1.29 is 14.6 Å². The summed E-state index contributed by atoms with van der Waals surface area (Å²) in [6.45, 7) is 3.75. The van der Waals surface area contributed by atoms with E-state index in [4.69, 9.17) is 4.74 Å². The van der Waals surface area contributed by atoms with Crippen molar-refractivity contribution in [1.82, 2.24) is 5.32 Å². The third kappa shape index (κ3) is 5.37. The van der Waals surface area contributed by atoms with E-state index in [2.05, 4.69) is 48.6 Å². The summed E-state index contributed by atoms with van der Waals surface area (Å²) in [7, 11) is 0. The third-order valence-electron chi connectivity index (χ3n) is 8.87. The van der Waals surface area contributed by atoms with Gasteiger partial charge in [0, 0.05) is 24.6 Å². The minimum absolute atomic E-state index is 0.0502. The first-order valence-electron chi connectivity index (χ1n) is 13.8. The lowest BCUT2D eigenvalue weighted by Gasteiger charge is -2.50. The number of hydrogen-bond donors (Lipinski definition) is 2. The van der Waals surface area contributed by atoms with Crippen LogP contribution in [0.2, 0.25) is 0 Å². The highest BCUT2D eigenvalue weighted by molar-refractivity contribution is 5.73. The standard InChI is InChI=1S/C31H41NO3/c1-20(9-8-12-22-10-4-3-5-11-22)35-24-18-29-26-14-7-6-13-25(26)27-16-15-23(32-21(2)33)17-28(27)31(29)30(34)19-24/h3-5,10-11,18-20,23,25-28,34H,6-9,12-17H2,1-2H3,(H,32,33). The van der Waals surface area contributed by atoms with Gasteiger partial charge in [-0.2, -0.15) is 0 Å². The largest absolute Gasteiger partial charge is 0.508 e. The number of nitrogens with one attached hydrogen (secondary N) is 1. The summed E-state index contributed by atoms with van der Waals surface area (Å²) in [5, 5.41) is 14.5. The van der Waals surface area contributed by atoms with Crippen LogP contribution in [-0.4, -0.2) is 23.2 Å². The van der Waals surface area contributed by atoms with E-state index in [0.29, 0.717) is 29.4 Å². The van der Waals surface area contributed by atoms with Crippen molar-refractivity contribution in [2.75, 3.05) is 0 Å². The van der Waals surface area contributed by atoms with E-state index in [-0.39, 0.29) is 18.1 Å². The molecule has 0 aliphatic heterocycles. The van der Waals surface area contributed by atoms with Gasteiger partial charge in [0.05, 0.1) is 6.10 Å². The molecular weight excluding hydrogens is 434 g/mol. The number of rotatable bonds is 7. The van der Waals surface area contributed by atoms with Gasteiger partial charge in [0.1, 0.15) is 11.5 Å². The van der Waals surface area contributed by atoms with Crippen molar-refractivity contribution in [2.24, 2.45) is 11.8 Å². The van der Waals surface area contributed by atoms with Crippen molar-refractivity contribution in [2.45, 2.75) is 102 Å². The minimum atomic E-state index is 0.0502. The molecule has 2 saturated carbocycles. The van der Waals surface area contributed by atoms with Gasteiger partial charge in [-0.05, 0) is 99.2 Å². The second kappa shape index (κ2) is 10.6. The second-order valence-corrected chi connectivity index (χ2v) is 11.3. The lowest BCUT2D eigenvalue weighted by molar-refractivity contribution is -0.120. The lowest BCUT2D eigenvalue weighted by Crippen LogP contribution is -2.44. The molecule has 35 heavy (non-hydrogen) atoms. The lowest BCUT2D eigenvalue weighted by atomic mass is 9.55. The average molecular weight is 476 g/mol. The first-order valence-corrected chi connectivity index (χ1v) is 13.8. The number of hydrogen-bond acceptors (Lipinski definition) is 3. The number of phenols is 1. The number of benzene rings is 2. The van der Waals surface area contributed by atoms with Crippen molar-refractivity contribution in [3.63, 3.8) is 0 Å². The Morgan fingerprint density at radius 1 is 1.06 bits per heavy atom. The van der Waals surface area contributed by atoms with Gasteiger partial charge in [-0.15, -0.1) is 0 Å². The Hall–Kier alpha value is -2.49. The van der Waals surface area contributed by atoms with Crippen molar-refractivity contribution in [1.29, 1.82) is 0 Å². The summed E-state index contributed by atoms with van der Waals surface area (Å²) < 4.78 is 6.37. The van der Waals surface area contributed by atoms with E-state index >= 15 is 0 Å². The highest BCUT2D eigenvalue weighted by Gasteiger charge is 2.47. The molecule has 3 aliphatic rings. The van der Waals surface area contributed by atoms with Gasteiger partial charge >= 0.3 is 0 Å². The Balaban J connectivity index is 1.34. The van der Waals surface area contributed by atoms with Crippen LogP contribution in [0.3, 0.4) is 0 Å². The molecule has 188 valence electrons. The maximum Gasteiger partial charge on any atom is 0.217 e. The minimum Gasteiger partial charge on any atom is -0.508 e. The third-order valence-corrected chi connectivity index (χ3v) is 8.87. The summed E-state index contributed by atoms with van der Waals surface area (Å²) in [6.07, 6.45) is 11.5. The highest BCUT2D eigenvalue weighted by Crippen LogP contribution is 2.59. The molecule has 4 heteroatoms. The molecule has 0 spiro atoms. The molecule has 2 aromatic carbocycles. The Bertz CT molecular complexity index is 1020. The second-order valence-electron chi connectivity index (χ2n) is 11.3. The van der Waals surface area contributed by atoms with E-state index < -0.39 is 0 Å². The Morgan fingerprint density at radius 2 is 1.83 bits per heavy atom. The zero-order chi connectivity index (χ0) is 24.4. The monoisotopic (exact) mass is 475 g/mol. The molecule has 5 rings (SSSR count). The smallest absolute Gasteiger partial charge is 0.217 e. The van der Waals surface area contributed by atoms with E-state index in [1.807, 2.05) is 6.07 Å². The van der Waals surface area contributed by atoms with Crippen LogP contribution in [0.4, 0.5) is 0 Å². The molecule has 6 atom stereocenters.